The minimum atomic E-state index is -0.720. The van der Waals surface area contributed by atoms with Crippen LogP contribution in [0.5, 0.6) is 17.2 Å². The largest absolute Gasteiger partial charge is 0.497 e. The maximum absolute atomic E-state index is 12.8. The molecule has 1 aliphatic carbocycles. The first-order valence-corrected chi connectivity index (χ1v) is 10.6. The van der Waals surface area contributed by atoms with E-state index in [2.05, 4.69) is 5.32 Å². The van der Waals surface area contributed by atoms with Gasteiger partial charge < -0.3 is 19.5 Å². The second kappa shape index (κ2) is 9.30. The van der Waals surface area contributed by atoms with Crippen LogP contribution in [0.3, 0.4) is 0 Å². The van der Waals surface area contributed by atoms with Crippen molar-refractivity contribution in [1.29, 1.82) is 0 Å². The lowest BCUT2D eigenvalue weighted by molar-refractivity contribution is -0.127. The molecule has 0 radical (unpaired) electrons. The number of amides is 2. The second-order valence-electron chi connectivity index (χ2n) is 7.99. The van der Waals surface area contributed by atoms with E-state index < -0.39 is 6.04 Å². The number of anilines is 1. The molecule has 8 heteroatoms. The Kier molecular flexibility index (Phi) is 6.30. The fraction of sp³-hybridized carbons (Fsp3) is 0.375. The van der Waals surface area contributed by atoms with Gasteiger partial charge in [-0.2, -0.15) is 0 Å². The van der Waals surface area contributed by atoms with Crippen LogP contribution in [0.4, 0.5) is 5.69 Å². The van der Waals surface area contributed by atoms with Crippen molar-refractivity contribution in [2.45, 2.75) is 25.8 Å². The van der Waals surface area contributed by atoms with Crippen LogP contribution in [0.2, 0.25) is 0 Å². The van der Waals surface area contributed by atoms with Gasteiger partial charge in [-0.3, -0.25) is 19.3 Å². The highest BCUT2D eigenvalue weighted by Gasteiger charge is 2.34. The number of benzene rings is 2. The molecule has 1 aliphatic heterocycles. The van der Waals surface area contributed by atoms with Crippen molar-refractivity contribution < 1.29 is 28.6 Å². The molecule has 0 spiro atoms. The number of nitrogens with zero attached hydrogens (tertiary/aromatic N) is 1. The van der Waals surface area contributed by atoms with Crippen molar-refractivity contribution in [3.63, 3.8) is 0 Å². The quantitative estimate of drug-likeness (QED) is 0.605. The Hall–Kier alpha value is -3.55. The summed E-state index contributed by atoms with van der Waals surface area (Å²) < 4.78 is 16.3. The van der Waals surface area contributed by atoms with Crippen molar-refractivity contribution in [2.75, 3.05) is 31.8 Å². The molecule has 1 saturated carbocycles. The highest BCUT2D eigenvalue weighted by molar-refractivity contribution is 6.05. The monoisotopic (exact) mass is 438 g/mol. The standard InChI is InChI=1S/C24H26N2O6/c1-15(24(29)25-12-16-6-7-16)26-20-10-17(8-9-22(20)32-14-23(26)28)21(27)13-31-19-5-3-4-18(11-19)30-2/h3-5,8-11,15-16H,6-7,12-14H2,1-2H3,(H,25,29)/t15-/m0/s1. The Bertz CT molecular complexity index is 1030. The van der Waals surface area contributed by atoms with Gasteiger partial charge in [0.05, 0.1) is 12.8 Å². The number of ether oxygens (including phenoxy) is 3. The molecule has 0 unspecified atom stereocenters. The molecule has 1 heterocycles. The summed E-state index contributed by atoms with van der Waals surface area (Å²) in [5.41, 5.74) is 0.767. The predicted octanol–water partition coefficient (Wildman–Crippen LogP) is 2.60. The van der Waals surface area contributed by atoms with Crippen LogP contribution < -0.4 is 24.4 Å². The lowest BCUT2D eigenvalue weighted by Crippen LogP contribution is -2.51. The molecular weight excluding hydrogens is 412 g/mol. The Balaban J connectivity index is 1.48. The molecule has 2 amide bonds. The van der Waals surface area contributed by atoms with Crippen molar-refractivity contribution in [1.82, 2.24) is 5.32 Å². The van der Waals surface area contributed by atoms with E-state index in [0.717, 1.165) is 12.8 Å². The van der Waals surface area contributed by atoms with E-state index in [1.54, 1.807) is 56.5 Å². The van der Waals surface area contributed by atoms with Gasteiger partial charge in [-0.1, -0.05) is 6.07 Å². The van der Waals surface area contributed by atoms with Crippen LogP contribution in [0.25, 0.3) is 0 Å². The number of Topliss-reactive ketones (excluding diaryl/α,β-unsaturated/α-hetero) is 1. The zero-order valence-corrected chi connectivity index (χ0v) is 18.1. The fourth-order valence-electron chi connectivity index (χ4n) is 3.52. The molecule has 0 saturated heterocycles. The molecule has 8 nitrogen and oxygen atoms in total. The molecule has 2 aromatic rings. The van der Waals surface area contributed by atoms with Crippen LogP contribution in [0, 0.1) is 5.92 Å². The predicted molar refractivity (Wildman–Crippen MR) is 117 cm³/mol. The lowest BCUT2D eigenvalue weighted by atomic mass is 10.1. The molecule has 0 aromatic heterocycles. The third kappa shape index (κ3) is 4.85. The maximum Gasteiger partial charge on any atom is 0.265 e. The summed E-state index contributed by atoms with van der Waals surface area (Å²) in [6.45, 7) is 1.96. The van der Waals surface area contributed by atoms with Gasteiger partial charge in [0.15, 0.2) is 19.0 Å². The Morgan fingerprint density at radius 3 is 2.72 bits per heavy atom. The summed E-state index contributed by atoms with van der Waals surface area (Å²) in [5, 5.41) is 2.91. The first-order valence-electron chi connectivity index (χ1n) is 10.6. The second-order valence-corrected chi connectivity index (χ2v) is 7.99. The Labute approximate surface area is 186 Å². The average molecular weight is 438 g/mol. The number of methoxy groups -OCH3 is 1. The van der Waals surface area contributed by atoms with Crippen LogP contribution in [-0.4, -0.2) is 50.5 Å². The molecule has 0 bridgehead atoms. The molecule has 1 atom stereocenters. The van der Waals surface area contributed by atoms with E-state index in [9.17, 15) is 14.4 Å². The normalized spacial score (nSPS) is 15.9. The summed E-state index contributed by atoms with van der Waals surface area (Å²) in [6, 6.07) is 11.1. The third-order valence-corrected chi connectivity index (χ3v) is 5.60. The molecule has 2 aliphatic rings. The van der Waals surface area contributed by atoms with Crippen molar-refractivity contribution in [3.8, 4) is 17.2 Å². The van der Waals surface area contributed by atoms with Crippen LogP contribution in [0.1, 0.15) is 30.1 Å². The number of hydrogen-bond donors (Lipinski definition) is 1. The summed E-state index contributed by atoms with van der Waals surface area (Å²) in [4.78, 5) is 39.4. The highest BCUT2D eigenvalue weighted by atomic mass is 16.5. The van der Waals surface area contributed by atoms with Crippen LogP contribution in [0.15, 0.2) is 42.5 Å². The van der Waals surface area contributed by atoms with Crippen molar-refractivity contribution in [3.05, 3.63) is 48.0 Å². The number of nitrogens with one attached hydrogen (secondary N) is 1. The van der Waals surface area contributed by atoms with Crippen molar-refractivity contribution >= 4 is 23.3 Å². The van der Waals surface area contributed by atoms with Gasteiger partial charge in [0.1, 0.15) is 23.3 Å². The SMILES string of the molecule is COc1cccc(OCC(=O)c2ccc3c(c2)N([C@@H](C)C(=O)NCC2CC2)C(=O)CO3)c1. The van der Waals surface area contributed by atoms with Gasteiger partial charge in [-0.05, 0) is 56.0 Å². The topological polar surface area (TPSA) is 94.2 Å². The fourth-order valence-corrected chi connectivity index (χ4v) is 3.52. The van der Waals surface area contributed by atoms with Crippen LogP contribution in [-0.2, 0) is 9.59 Å². The summed E-state index contributed by atoms with van der Waals surface area (Å²) in [7, 11) is 1.56. The first kappa shape index (κ1) is 21.7. The smallest absolute Gasteiger partial charge is 0.265 e. The minimum Gasteiger partial charge on any atom is -0.497 e. The molecule has 32 heavy (non-hydrogen) atoms. The summed E-state index contributed by atoms with van der Waals surface area (Å²) in [6.07, 6.45) is 2.24. The third-order valence-electron chi connectivity index (χ3n) is 5.60. The van der Waals surface area contributed by atoms with E-state index >= 15 is 0 Å². The van der Waals surface area contributed by atoms with Gasteiger partial charge in [0.25, 0.3) is 5.91 Å². The average Bonchev–Trinajstić information content (AvgIpc) is 3.65. The van der Waals surface area contributed by atoms with Gasteiger partial charge in [0, 0.05) is 18.2 Å². The Morgan fingerprint density at radius 1 is 1.19 bits per heavy atom. The number of carbonyl (C=O) groups is 3. The van der Waals surface area contributed by atoms with Gasteiger partial charge in [-0.15, -0.1) is 0 Å². The van der Waals surface area contributed by atoms with Crippen LogP contribution >= 0.6 is 0 Å². The summed E-state index contributed by atoms with van der Waals surface area (Å²) in [5.74, 6) is 1.31. The highest BCUT2D eigenvalue weighted by Crippen LogP contribution is 2.35. The first-order chi connectivity index (χ1) is 15.5. The van der Waals surface area contributed by atoms with E-state index in [1.807, 2.05) is 0 Å². The molecule has 1 fully saturated rings. The van der Waals surface area contributed by atoms with Gasteiger partial charge in [-0.25, -0.2) is 0 Å². The molecule has 1 N–H and O–H groups in total. The molecule has 4 rings (SSSR count). The molecule has 168 valence electrons. The number of carbonyl (C=O) groups excluding carboxylic acids is 3. The zero-order valence-electron chi connectivity index (χ0n) is 18.1. The van der Waals surface area contributed by atoms with E-state index in [4.69, 9.17) is 14.2 Å². The summed E-state index contributed by atoms with van der Waals surface area (Å²) >= 11 is 0. The van der Waals surface area contributed by atoms with E-state index in [0.29, 0.717) is 41.0 Å². The lowest BCUT2D eigenvalue weighted by Gasteiger charge is -2.33. The number of fused-ring (bicyclic) bond motifs is 1. The van der Waals surface area contributed by atoms with E-state index in [-0.39, 0.29) is 30.8 Å². The zero-order chi connectivity index (χ0) is 22.7. The number of ketones is 1. The molecule has 2 aromatic carbocycles. The minimum absolute atomic E-state index is 0.153. The van der Waals surface area contributed by atoms with Crippen molar-refractivity contribution in [2.24, 2.45) is 5.92 Å². The number of rotatable bonds is 9. The van der Waals surface area contributed by atoms with Gasteiger partial charge in [0.2, 0.25) is 5.91 Å². The van der Waals surface area contributed by atoms with Gasteiger partial charge >= 0.3 is 0 Å². The number of hydrogen-bond acceptors (Lipinski definition) is 6. The molecular formula is C24H26N2O6. The Morgan fingerprint density at radius 2 is 1.97 bits per heavy atom. The maximum atomic E-state index is 12.8. The van der Waals surface area contributed by atoms with E-state index in [1.165, 1.54) is 4.90 Å².